The van der Waals surface area contributed by atoms with Crippen molar-refractivity contribution < 1.29 is 9.53 Å². The fourth-order valence-corrected chi connectivity index (χ4v) is 2.80. The summed E-state index contributed by atoms with van der Waals surface area (Å²) in [6.45, 7) is 6.17. The van der Waals surface area contributed by atoms with E-state index in [4.69, 9.17) is 10.5 Å². The van der Waals surface area contributed by atoms with E-state index in [0.717, 1.165) is 11.1 Å². The second-order valence-electron chi connectivity index (χ2n) is 4.73. The Labute approximate surface area is 102 Å². The quantitative estimate of drug-likeness (QED) is 0.796. The molecular weight excluding hydrogens is 214 g/mol. The fourth-order valence-electron chi connectivity index (χ4n) is 2.80. The summed E-state index contributed by atoms with van der Waals surface area (Å²) in [5.41, 5.74) is 7.75. The van der Waals surface area contributed by atoms with Gasteiger partial charge >= 0.3 is 5.97 Å². The van der Waals surface area contributed by atoms with Gasteiger partial charge in [-0.15, -0.1) is 0 Å². The predicted molar refractivity (Wildman–Crippen MR) is 66.8 cm³/mol. The van der Waals surface area contributed by atoms with Gasteiger partial charge in [-0.2, -0.15) is 0 Å². The van der Waals surface area contributed by atoms with Crippen LogP contribution in [0.25, 0.3) is 0 Å². The van der Waals surface area contributed by atoms with Gasteiger partial charge in [0.1, 0.15) is 5.54 Å². The normalized spacial score (nSPS) is 31.1. The van der Waals surface area contributed by atoms with E-state index >= 15 is 0 Å². The highest BCUT2D eigenvalue weighted by atomic mass is 16.5. The number of rotatable bonds is 2. The van der Waals surface area contributed by atoms with Crippen molar-refractivity contribution in [3.05, 3.63) is 35.4 Å². The van der Waals surface area contributed by atoms with Gasteiger partial charge in [-0.3, -0.25) is 4.79 Å². The third-order valence-corrected chi connectivity index (χ3v) is 3.99. The molecule has 1 aromatic carbocycles. The van der Waals surface area contributed by atoms with Crippen molar-refractivity contribution in [2.45, 2.75) is 38.1 Å². The zero-order valence-corrected chi connectivity index (χ0v) is 10.6. The molecule has 0 spiro atoms. The van der Waals surface area contributed by atoms with E-state index in [0.29, 0.717) is 6.61 Å². The fraction of sp³-hybridized carbons (Fsp3) is 0.500. The highest BCUT2D eigenvalue weighted by molar-refractivity contribution is 5.85. The van der Waals surface area contributed by atoms with E-state index in [2.05, 4.69) is 0 Å². The molecule has 1 aromatic rings. The number of carbonyl (C=O) groups is 1. The molecule has 0 radical (unpaired) electrons. The van der Waals surface area contributed by atoms with Gasteiger partial charge in [0.05, 0.1) is 6.61 Å². The molecule has 2 N–H and O–H groups in total. The lowest BCUT2D eigenvalue weighted by molar-refractivity contribution is -0.150. The molecule has 0 saturated carbocycles. The van der Waals surface area contributed by atoms with Crippen LogP contribution >= 0.6 is 0 Å². The summed E-state index contributed by atoms with van der Waals surface area (Å²) >= 11 is 0. The van der Waals surface area contributed by atoms with Crippen LogP contribution in [0.3, 0.4) is 0 Å². The SMILES string of the molecule is CCOC(=O)C1(N)[C@H](C)c2ccccc2[C@@H]1C. The average molecular weight is 233 g/mol. The smallest absolute Gasteiger partial charge is 0.327 e. The predicted octanol–water partition coefficient (Wildman–Crippen LogP) is 2.17. The third-order valence-electron chi connectivity index (χ3n) is 3.99. The van der Waals surface area contributed by atoms with Crippen molar-refractivity contribution in [2.75, 3.05) is 6.61 Å². The van der Waals surface area contributed by atoms with Gasteiger partial charge in [-0.05, 0) is 18.1 Å². The number of ether oxygens (including phenoxy) is 1. The topological polar surface area (TPSA) is 52.3 Å². The molecule has 92 valence electrons. The van der Waals surface area contributed by atoms with Crippen LogP contribution in [0.5, 0.6) is 0 Å². The molecule has 2 rings (SSSR count). The largest absolute Gasteiger partial charge is 0.465 e. The summed E-state index contributed by atoms with van der Waals surface area (Å²) in [5.74, 6) is -0.309. The molecule has 3 heteroatoms. The van der Waals surface area contributed by atoms with Crippen molar-refractivity contribution in [3.8, 4) is 0 Å². The minimum absolute atomic E-state index is 0.00671. The van der Waals surface area contributed by atoms with Crippen molar-refractivity contribution >= 4 is 5.97 Å². The Kier molecular flexibility index (Phi) is 2.96. The van der Waals surface area contributed by atoms with Gasteiger partial charge in [0.2, 0.25) is 0 Å². The first-order chi connectivity index (χ1) is 8.03. The third kappa shape index (κ3) is 1.57. The van der Waals surface area contributed by atoms with E-state index in [1.807, 2.05) is 38.1 Å². The Balaban J connectivity index is 2.44. The molecule has 0 amide bonds. The molecule has 1 unspecified atom stereocenters. The molecule has 0 aliphatic heterocycles. The van der Waals surface area contributed by atoms with Crippen LogP contribution in [0.4, 0.5) is 0 Å². The van der Waals surface area contributed by atoms with Crippen LogP contribution in [0.15, 0.2) is 24.3 Å². The van der Waals surface area contributed by atoms with Crippen molar-refractivity contribution in [2.24, 2.45) is 5.73 Å². The molecule has 0 saturated heterocycles. The van der Waals surface area contributed by atoms with Crippen LogP contribution in [-0.4, -0.2) is 18.1 Å². The minimum atomic E-state index is -0.931. The van der Waals surface area contributed by atoms with Gasteiger partial charge in [-0.25, -0.2) is 0 Å². The molecule has 0 heterocycles. The summed E-state index contributed by atoms with van der Waals surface area (Å²) in [6.07, 6.45) is 0. The average Bonchev–Trinajstić information content (AvgIpc) is 2.54. The molecule has 0 aromatic heterocycles. The first kappa shape index (κ1) is 12.1. The van der Waals surface area contributed by atoms with Crippen LogP contribution in [0.2, 0.25) is 0 Å². The molecule has 0 bridgehead atoms. The summed E-state index contributed by atoms with van der Waals surface area (Å²) in [7, 11) is 0. The highest BCUT2D eigenvalue weighted by Crippen LogP contribution is 2.47. The molecular formula is C14H19NO2. The molecule has 3 nitrogen and oxygen atoms in total. The maximum atomic E-state index is 12.1. The summed E-state index contributed by atoms with van der Waals surface area (Å²) in [5, 5.41) is 0. The van der Waals surface area contributed by atoms with Crippen molar-refractivity contribution in [3.63, 3.8) is 0 Å². The van der Waals surface area contributed by atoms with Gasteiger partial charge in [0, 0.05) is 11.8 Å². The standard InChI is InChI=1S/C14H19NO2/c1-4-17-13(16)14(15)9(2)11-7-5-6-8-12(11)10(14)3/h5-10H,4,15H2,1-3H3/t9-,10+,14?. The number of fused-ring (bicyclic) bond motifs is 1. The number of esters is 1. The Hall–Kier alpha value is -1.35. The highest BCUT2D eigenvalue weighted by Gasteiger charge is 2.52. The van der Waals surface area contributed by atoms with Crippen LogP contribution < -0.4 is 5.73 Å². The zero-order valence-electron chi connectivity index (χ0n) is 10.6. The lowest BCUT2D eigenvalue weighted by atomic mass is 9.81. The molecule has 1 aliphatic carbocycles. The Morgan fingerprint density at radius 1 is 1.29 bits per heavy atom. The molecule has 17 heavy (non-hydrogen) atoms. The van der Waals surface area contributed by atoms with E-state index in [1.165, 1.54) is 0 Å². The molecule has 3 atom stereocenters. The Bertz CT molecular complexity index is 413. The van der Waals surface area contributed by atoms with E-state index < -0.39 is 5.54 Å². The van der Waals surface area contributed by atoms with E-state index in [9.17, 15) is 4.79 Å². The number of hydrogen-bond donors (Lipinski definition) is 1. The van der Waals surface area contributed by atoms with E-state index in [-0.39, 0.29) is 17.8 Å². The number of hydrogen-bond acceptors (Lipinski definition) is 3. The van der Waals surface area contributed by atoms with Gasteiger partial charge < -0.3 is 10.5 Å². The lowest BCUT2D eigenvalue weighted by Crippen LogP contribution is -2.53. The first-order valence-corrected chi connectivity index (χ1v) is 6.08. The Morgan fingerprint density at radius 2 is 1.76 bits per heavy atom. The maximum absolute atomic E-state index is 12.1. The number of carbonyl (C=O) groups excluding carboxylic acids is 1. The maximum Gasteiger partial charge on any atom is 0.327 e. The van der Waals surface area contributed by atoms with Crippen LogP contribution in [-0.2, 0) is 9.53 Å². The van der Waals surface area contributed by atoms with Gasteiger partial charge in [0.15, 0.2) is 0 Å². The van der Waals surface area contributed by atoms with Gasteiger partial charge in [0.25, 0.3) is 0 Å². The second-order valence-corrected chi connectivity index (χ2v) is 4.73. The second kappa shape index (κ2) is 4.15. The van der Waals surface area contributed by atoms with Crippen LogP contribution in [0.1, 0.15) is 43.7 Å². The van der Waals surface area contributed by atoms with Crippen molar-refractivity contribution in [1.29, 1.82) is 0 Å². The van der Waals surface area contributed by atoms with Crippen molar-refractivity contribution in [1.82, 2.24) is 0 Å². The summed E-state index contributed by atoms with van der Waals surface area (Å²) in [6, 6.07) is 8.06. The zero-order chi connectivity index (χ0) is 12.6. The van der Waals surface area contributed by atoms with E-state index in [1.54, 1.807) is 6.92 Å². The summed E-state index contributed by atoms with van der Waals surface area (Å²) < 4.78 is 5.14. The van der Waals surface area contributed by atoms with Crippen LogP contribution in [0, 0.1) is 0 Å². The number of benzene rings is 1. The number of nitrogens with two attached hydrogens (primary N) is 1. The monoisotopic (exact) mass is 233 g/mol. The lowest BCUT2D eigenvalue weighted by Gasteiger charge is -2.31. The minimum Gasteiger partial charge on any atom is -0.465 e. The first-order valence-electron chi connectivity index (χ1n) is 6.08. The molecule has 0 fully saturated rings. The summed E-state index contributed by atoms with van der Waals surface area (Å²) in [4.78, 5) is 12.1. The molecule has 1 aliphatic rings. The Morgan fingerprint density at radius 3 is 2.18 bits per heavy atom. The van der Waals surface area contributed by atoms with Gasteiger partial charge in [-0.1, -0.05) is 38.1 Å².